The molecule has 0 aliphatic rings. The van der Waals surface area contributed by atoms with Crippen LogP contribution >= 0.6 is 0 Å². The van der Waals surface area contributed by atoms with Crippen molar-refractivity contribution in [1.29, 1.82) is 0 Å². The van der Waals surface area contributed by atoms with E-state index in [4.69, 9.17) is 0 Å². The molecule has 24 heavy (non-hydrogen) atoms. The van der Waals surface area contributed by atoms with Crippen LogP contribution in [-0.4, -0.2) is 48.0 Å². The quantitative estimate of drug-likeness (QED) is 0.817. The van der Waals surface area contributed by atoms with E-state index in [0.717, 1.165) is 24.2 Å². The molecule has 0 radical (unpaired) electrons. The first-order valence-electron chi connectivity index (χ1n) is 8.11. The van der Waals surface area contributed by atoms with Crippen LogP contribution in [-0.2, 0) is 6.42 Å². The smallest absolute Gasteiger partial charge is 0.254 e. The van der Waals surface area contributed by atoms with E-state index in [0.29, 0.717) is 18.1 Å². The fourth-order valence-electron chi connectivity index (χ4n) is 2.32. The lowest BCUT2D eigenvalue weighted by atomic mass is 10.1. The van der Waals surface area contributed by atoms with Crippen molar-refractivity contribution in [2.75, 3.05) is 32.5 Å². The van der Waals surface area contributed by atoms with Crippen LogP contribution in [0.1, 0.15) is 28.4 Å². The van der Waals surface area contributed by atoms with Crippen LogP contribution in [0.25, 0.3) is 0 Å². The van der Waals surface area contributed by atoms with Gasteiger partial charge in [-0.25, -0.2) is 9.97 Å². The van der Waals surface area contributed by atoms with Crippen LogP contribution in [0.2, 0.25) is 0 Å². The number of nitrogens with one attached hydrogen (secondary N) is 2. The molecule has 0 atom stereocenters. The minimum absolute atomic E-state index is 0.159. The largest absolute Gasteiger partial charge is 0.351 e. The molecular weight excluding hydrogens is 302 g/mol. The van der Waals surface area contributed by atoms with Crippen molar-refractivity contribution >= 4 is 17.5 Å². The van der Waals surface area contributed by atoms with Crippen molar-refractivity contribution < 1.29 is 4.79 Å². The zero-order valence-electron chi connectivity index (χ0n) is 14.8. The molecule has 0 unspecified atom stereocenters. The molecule has 1 aromatic heterocycles. The van der Waals surface area contributed by atoms with Crippen LogP contribution in [0.15, 0.2) is 30.6 Å². The van der Waals surface area contributed by atoms with E-state index >= 15 is 0 Å². The number of aromatic nitrogens is 2. The Morgan fingerprint density at radius 1 is 1.21 bits per heavy atom. The third-order valence-corrected chi connectivity index (χ3v) is 3.74. The van der Waals surface area contributed by atoms with Crippen molar-refractivity contribution in [1.82, 2.24) is 20.2 Å². The molecule has 6 heteroatoms. The fraction of sp³-hybridized carbons (Fsp3) is 0.389. The molecule has 0 bridgehead atoms. The van der Waals surface area contributed by atoms with E-state index in [1.165, 1.54) is 5.56 Å². The van der Waals surface area contributed by atoms with Gasteiger partial charge in [0.25, 0.3) is 5.91 Å². The maximum absolute atomic E-state index is 12.0. The highest BCUT2D eigenvalue weighted by Crippen LogP contribution is 2.23. The Labute approximate surface area is 143 Å². The number of aryl methyl sites for hydroxylation is 2. The molecule has 0 spiro atoms. The molecule has 128 valence electrons. The van der Waals surface area contributed by atoms with Gasteiger partial charge in [-0.1, -0.05) is 25.1 Å². The summed E-state index contributed by atoms with van der Waals surface area (Å²) in [5, 5.41) is 6.10. The SMILES string of the molecule is CCc1cccc(C)c1Nc1ncc(C(=O)NCCN(C)C)cn1. The third kappa shape index (κ3) is 4.76. The summed E-state index contributed by atoms with van der Waals surface area (Å²) >= 11 is 0. The predicted molar refractivity (Wildman–Crippen MR) is 96.8 cm³/mol. The highest BCUT2D eigenvalue weighted by Gasteiger charge is 2.09. The van der Waals surface area contributed by atoms with E-state index in [2.05, 4.69) is 33.6 Å². The van der Waals surface area contributed by atoms with Gasteiger partial charge in [0.05, 0.1) is 5.56 Å². The lowest BCUT2D eigenvalue weighted by Crippen LogP contribution is -2.31. The maximum Gasteiger partial charge on any atom is 0.254 e. The second kappa shape index (κ2) is 8.40. The van der Waals surface area contributed by atoms with Gasteiger partial charge >= 0.3 is 0 Å². The topological polar surface area (TPSA) is 70.2 Å². The predicted octanol–water partition coefficient (Wildman–Crippen LogP) is 2.38. The Bertz CT molecular complexity index is 682. The fourth-order valence-corrected chi connectivity index (χ4v) is 2.32. The normalized spacial score (nSPS) is 10.7. The molecule has 6 nitrogen and oxygen atoms in total. The summed E-state index contributed by atoms with van der Waals surface area (Å²) in [6.45, 7) is 5.55. The minimum Gasteiger partial charge on any atom is -0.351 e. The number of para-hydroxylation sites is 1. The van der Waals surface area contributed by atoms with Gasteiger partial charge in [0.2, 0.25) is 5.95 Å². The molecule has 1 heterocycles. The summed E-state index contributed by atoms with van der Waals surface area (Å²) in [5.74, 6) is 0.331. The summed E-state index contributed by atoms with van der Waals surface area (Å²) in [4.78, 5) is 22.6. The second-order valence-corrected chi connectivity index (χ2v) is 5.94. The first-order valence-corrected chi connectivity index (χ1v) is 8.11. The lowest BCUT2D eigenvalue weighted by Gasteiger charge is -2.13. The van der Waals surface area contributed by atoms with Gasteiger partial charge in [-0.3, -0.25) is 4.79 Å². The molecule has 2 N–H and O–H groups in total. The average molecular weight is 327 g/mol. The highest BCUT2D eigenvalue weighted by molar-refractivity contribution is 5.93. The number of nitrogens with zero attached hydrogens (tertiary/aromatic N) is 3. The van der Waals surface area contributed by atoms with Gasteiger partial charge < -0.3 is 15.5 Å². The van der Waals surface area contributed by atoms with Crippen LogP contribution in [0, 0.1) is 6.92 Å². The highest BCUT2D eigenvalue weighted by atomic mass is 16.1. The molecule has 1 aromatic carbocycles. The van der Waals surface area contributed by atoms with Crippen LogP contribution in [0.4, 0.5) is 11.6 Å². The van der Waals surface area contributed by atoms with E-state index in [1.54, 1.807) is 12.4 Å². The number of amides is 1. The van der Waals surface area contributed by atoms with E-state index in [-0.39, 0.29) is 5.91 Å². The van der Waals surface area contributed by atoms with E-state index in [1.807, 2.05) is 38.1 Å². The van der Waals surface area contributed by atoms with Gasteiger partial charge in [-0.05, 0) is 38.6 Å². The van der Waals surface area contributed by atoms with Crippen molar-refractivity contribution in [2.45, 2.75) is 20.3 Å². The summed E-state index contributed by atoms with van der Waals surface area (Å²) in [6, 6.07) is 6.18. The summed E-state index contributed by atoms with van der Waals surface area (Å²) in [6.07, 6.45) is 4.02. The molecule has 0 aliphatic carbocycles. The summed E-state index contributed by atoms with van der Waals surface area (Å²) in [5.41, 5.74) is 3.84. The first-order chi connectivity index (χ1) is 11.5. The Kier molecular flexibility index (Phi) is 6.26. The number of hydrogen-bond donors (Lipinski definition) is 2. The Morgan fingerprint density at radius 3 is 2.54 bits per heavy atom. The van der Waals surface area contributed by atoms with Crippen LogP contribution < -0.4 is 10.6 Å². The average Bonchev–Trinajstić information content (AvgIpc) is 2.57. The molecular formula is C18H25N5O. The van der Waals surface area contributed by atoms with Crippen LogP contribution in [0.5, 0.6) is 0 Å². The second-order valence-electron chi connectivity index (χ2n) is 5.94. The van der Waals surface area contributed by atoms with Crippen molar-refractivity contribution in [2.24, 2.45) is 0 Å². The van der Waals surface area contributed by atoms with Crippen LogP contribution in [0.3, 0.4) is 0 Å². The van der Waals surface area contributed by atoms with Crippen molar-refractivity contribution in [3.63, 3.8) is 0 Å². The van der Waals surface area contributed by atoms with Gasteiger partial charge in [0.1, 0.15) is 0 Å². The Balaban J connectivity index is 2.04. The van der Waals surface area contributed by atoms with Crippen molar-refractivity contribution in [3.8, 4) is 0 Å². The van der Waals surface area contributed by atoms with Gasteiger partial charge in [0.15, 0.2) is 0 Å². The minimum atomic E-state index is -0.159. The van der Waals surface area contributed by atoms with Crippen molar-refractivity contribution in [3.05, 3.63) is 47.3 Å². The number of benzene rings is 1. The number of anilines is 2. The number of rotatable bonds is 7. The standard InChI is InChI=1S/C18H25N5O/c1-5-14-8-6-7-13(2)16(14)22-18-20-11-15(12-21-18)17(24)19-9-10-23(3)4/h6-8,11-12H,5,9-10H2,1-4H3,(H,19,24)(H,20,21,22). The van der Waals surface area contributed by atoms with Gasteiger partial charge in [-0.2, -0.15) is 0 Å². The van der Waals surface area contributed by atoms with E-state index < -0.39 is 0 Å². The third-order valence-electron chi connectivity index (χ3n) is 3.74. The zero-order chi connectivity index (χ0) is 17.5. The molecule has 2 aromatic rings. The number of carbonyl (C=O) groups excluding carboxylic acids is 1. The molecule has 1 amide bonds. The lowest BCUT2D eigenvalue weighted by molar-refractivity contribution is 0.0950. The monoisotopic (exact) mass is 327 g/mol. The molecule has 0 saturated heterocycles. The number of hydrogen-bond acceptors (Lipinski definition) is 5. The summed E-state index contributed by atoms with van der Waals surface area (Å²) < 4.78 is 0. The Morgan fingerprint density at radius 2 is 1.92 bits per heavy atom. The molecule has 0 aliphatic heterocycles. The van der Waals surface area contributed by atoms with Gasteiger partial charge in [0, 0.05) is 31.2 Å². The molecule has 0 saturated carbocycles. The molecule has 0 fully saturated rings. The van der Waals surface area contributed by atoms with E-state index in [9.17, 15) is 4.79 Å². The van der Waals surface area contributed by atoms with Gasteiger partial charge in [-0.15, -0.1) is 0 Å². The number of likely N-dealkylation sites (N-methyl/N-ethyl adjacent to an activating group) is 1. The number of carbonyl (C=O) groups is 1. The summed E-state index contributed by atoms with van der Waals surface area (Å²) in [7, 11) is 3.93. The Hall–Kier alpha value is -2.47. The first kappa shape index (κ1) is 17.9. The zero-order valence-corrected chi connectivity index (χ0v) is 14.8. The maximum atomic E-state index is 12.0. The molecule has 2 rings (SSSR count).